The van der Waals surface area contributed by atoms with Crippen molar-refractivity contribution in [1.29, 1.82) is 0 Å². The first-order valence-corrected chi connectivity index (χ1v) is 8.49. The summed E-state index contributed by atoms with van der Waals surface area (Å²) >= 11 is 3.47. The fourth-order valence-corrected chi connectivity index (χ4v) is 3.34. The van der Waals surface area contributed by atoms with E-state index in [1.807, 2.05) is 25.1 Å². The molecule has 0 aliphatic carbocycles. The maximum Gasteiger partial charge on any atom is 0.222 e. The summed E-state index contributed by atoms with van der Waals surface area (Å²) in [6, 6.07) is 5.94. The zero-order valence-corrected chi connectivity index (χ0v) is 14.0. The summed E-state index contributed by atoms with van der Waals surface area (Å²) in [5, 5.41) is 0. The van der Waals surface area contributed by atoms with Crippen molar-refractivity contribution in [2.45, 2.75) is 25.5 Å². The second kappa shape index (κ2) is 7.80. The van der Waals surface area contributed by atoms with Crippen molar-refractivity contribution in [3.05, 3.63) is 33.8 Å². The Labute approximate surface area is 126 Å². The molecule has 0 N–H and O–H groups in total. The minimum atomic E-state index is -0.911. The van der Waals surface area contributed by atoms with E-state index in [0.29, 0.717) is 24.3 Å². The lowest BCUT2D eigenvalue weighted by Crippen LogP contribution is -2.21. The Kier molecular flexibility index (Phi) is 6.72. The van der Waals surface area contributed by atoms with Gasteiger partial charge in [-0.2, -0.15) is 0 Å². The van der Waals surface area contributed by atoms with Crippen LogP contribution in [0, 0.1) is 6.92 Å². The van der Waals surface area contributed by atoms with Gasteiger partial charge in [0, 0.05) is 47.3 Å². The number of rotatable bonds is 6. The summed E-state index contributed by atoms with van der Waals surface area (Å²) in [5.74, 6) is 1.23. The molecule has 1 amide bonds. The number of benzene rings is 1. The molecule has 106 valence electrons. The maximum absolute atomic E-state index is 12.0. The second-order valence-electron chi connectivity index (χ2n) is 4.70. The van der Waals surface area contributed by atoms with Gasteiger partial charge >= 0.3 is 0 Å². The van der Waals surface area contributed by atoms with Crippen LogP contribution in [0.15, 0.2) is 22.7 Å². The molecule has 0 fully saturated rings. The first-order valence-electron chi connectivity index (χ1n) is 6.21. The normalized spacial score (nSPS) is 12.2. The zero-order chi connectivity index (χ0) is 14.4. The molecule has 19 heavy (non-hydrogen) atoms. The van der Waals surface area contributed by atoms with E-state index < -0.39 is 10.8 Å². The molecule has 0 radical (unpaired) electrons. The van der Waals surface area contributed by atoms with E-state index in [2.05, 4.69) is 15.9 Å². The predicted molar refractivity (Wildman–Crippen MR) is 83.5 cm³/mol. The average Bonchev–Trinajstić information content (AvgIpc) is 2.34. The number of amides is 1. The van der Waals surface area contributed by atoms with Crippen LogP contribution in [0.5, 0.6) is 0 Å². The van der Waals surface area contributed by atoms with Gasteiger partial charge in [-0.1, -0.05) is 28.1 Å². The fraction of sp³-hybridized carbons (Fsp3) is 0.500. The molecule has 0 aliphatic rings. The molecular weight excluding hydrogens is 326 g/mol. The Morgan fingerprint density at radius 3 is 2.68 bits per heavy atom. The van der Waals surface area contributed by atoms with Gasteiger partial charge in [-0.3, -0.25) is 9.00 Å². The zero-order valence-electron chi connectivity index (χ0n) is 11.6. The highest BCUT2D eigenvalue weighted by Gasteiger charge is 2.08. The number of hydrogen-bond donors (Lipinski definition) is 0. The molecule has 1 rings (SSSR count). The number of nitrogens with zero attached hydrogens (tertiary/aromatic N) is 1. The number of halogens is 1. The predicted octanol–water partition coefficient (Wildman–Crippen LogP) is 2.87. The fourth-order valence-electron chi connectivity index (χ4n) is 1.66. The molecule has 0 bridgehead atoms. The van der Waals surface area contributed by atoms with E-state index in [1.165, 1.54) is 0 Å². The van der Waals surface area contributed by atoms with Gasteiger partial charge in [0.05, 0.1) is 0 Å². The van der Waals surface area contributed by atoms with Crippen LogP contribution in [0.3, 0.4) is 0 Å². The van der Waals surface area contributed by atoms with E-state index in [9.17, 15) is 9.00 Å². The summed E-state index contributed by atoms with van der Waals surface area (Å²) in [6.07, 6.45) is 1.15. The maximum atomic E-state index is 12.0. The number of hydrogen-bond acceptors (Lipinski definition) is 2. The van der Waals surface area contributed by atoms with Crippen LogP contribution in [-0.4, -0.2) is 34.9 Å². The van der Waals surface area contributed by atoms with Crippen molar-refractivity contribution >= 4 is 32.6 Å². The van der Waals surface area contributed by atoms with Crippen LogP contribution in [0.25, 0.3) is 0 Å². The molecule has 0 aromatic heterocycles. The van der Waals surface area contributed by atoms with E-state index in [-0.39, 0.29) is 5.91 Å². The molecule has 0 saturated carbocycles. The van der Waals surface area contributed by atoms with Gasteiger partial charge in [0.15, 0.2) is 0 Å². The van der Waals surface area contributed by atoms with Crippen molar-refractivity contribution in [3.63, 3.8) is 0 Å². The van der Waals surface area contributed by atoms with Gasteiger partial charge in [-0.05, 0) is 30.5 Å². The van der Waals surface area contributed by atoms with Crippen molar-refractivity contribution in [2.24, 2.45) is 0 Å². The van der Waals surface area contributed by atoms with Gasteiger partial charge in [-0.15, -0.1) is 0 Å². The minimum Gasteiger partial charge on any atom is -0.349 e. The minimum absolute atomic E-state index is 0.0932. The van der Waals surface area contributed by atoms with Crippen molar-refractivity contribution in [2.75, 3.05) is 19.8 Å². The molecule has 3 nitrogen and oxygen atoms in total. The van der Waals surface area contributed by atoms with Gasteiger partial charge in [0.25, 0.3) is 0 Å². The molecule has 0 spiro atoms. The van der Waals surface area contributed by atoms with Crippen LogP contribution >= 0.6 is 15.9 Å². The first kappa shape index (κ1) is 16.4. The highest BCUT2D eigenvalue weighted by Crippen LogP contribution is 2.20. The van der Waals surface area contributed by atoms with E-state index in [0.717, 1.165) is 15.6 Å². The average molecular weight is 346 g/mol. The summed E-state index contributed by atoms with van der Waals surface area (Å²) in [6.45, 7) is 2.02. The molecule has 1 aromatic carbocycles. The Morgan fingerprint density at radius 2 is 2.05 bits per heavy atom. The molecule has 5 heteroatoms. The van der Waals surface area contributed by atoms with Gasteiger partial charge in [0.2, 0.25) is 5.91 Å². The van der Waals surface area contributed by atoms with Crippen molar-refractivity contribution < 1.29 is 9.00 Å². The number of carbonyl (C=O) groups is 1. The largest absolute Gasteiger partial charge is 0.349 e. The monoisotopic (exact) mass is 345 g/mol. The Balaban J connectivity index is 2.44. The smallest absolute Gasteiger partial charge is 0.222 e. The Hall–Kier alpha value is -0.680. The van der Waals surface area contributed by atoms with Crippen LogP contribution in [0.1, 0.15) is 24.0 Å². The quantitative estimate of drug-likeness (QED) is 0.794. The third-order valence-electron chi connectivity index (χ3n) is 2.96. The van der Waals surface area contributed by atoms with Crippen LogP contribution in [-0.2, 0) is 21.3 Å². The van der Waals surface area contributed by atoms with E-state index in [4.69, 9.17) is 0 Å². The molecule has 0 saturated heterocycles. The van der Waals surface area contributed by atoms with Crippen molar-refractivity contribution in [1.82, 2.24) is 4.90 Å². The van der Waals surface area contributed by atoms with E-state index in [1.54, 1.807) is 19.0 Å². The Morgan fingerprint density at radius 1 is 1.37 bits per heavy atom. The lowest BCUT2D eigenvalue weighted by molar-refractivity contribution is -0.128. The lowest BCUT2D eigenvalue weighted by Gasteiger charge is -2.10. The topological polar surface area (TPSA) is 37.4 Å². The molecule has 0 heterocycles. The van der Waals surface area contributed by atoms with Crippen molar-refractivity contribution in [3.8, 4) is 0 Å². The SMILES string of the molecule is Cc1c(Br)cccc1C[S@@](=O)CCCC(=O)N(C)C. The lowest BCUT2D eigenvalue weighted by atomic mass is 10.1. The summed E-state index contributed by atoms with van der Waals surface area (Å²) < 4.78 is 13.0. The molecule has 1 atom stereocenters. The second-order valence-corrected chi connectivity index (χ2v) is 7.13. The highest BCUT2D eigenvalue weighted by atomic mass is 79.9. The molecule has 0 unspecified atom stereocenters. The molecule has 1 aromatic rings. The summed E-state index contributed by atoms with van der Waals surface area (Å²) in [4.78, 5) is 13.0. The van der Waals surface area contributed by atoms with Gasteiger partial charge < -0.3 is 4.90 Å². The van der Waals surface area contributed by atoms with Gasteiger partial charge in [-0.25, -0.2) is 0 Å². The third-order valence-corrected chi connectivity index (χ3v) is 5.19. The van der Waals surface area contributed by atoms with E-state index >= 15 is 0 Å². The third kappa shape index (κ3) is 5.45. The highest BCUT2D eigenvalue weighted by molar-refractivity contribution is 9.10. The standard InChI is InChI=1S/C14H20BrNO2S/c1-11-12(6-4-7-13(11)15)10-19(18)9-5-8-14(17)16(2)3/h4,6-7H,5,8-10H2,1-3H3/t19-/m0/s1. The van der Waals surface area contributed by atoms with Gasteiger partial charge in [0.1, 0.15) is 0 Å². The number of carbonyl (C=O) groups excluding carboxylic acids is 1. The molecular formula is C14H20BrNO2S. The Bertz CT molecular complexity index is 475. The van der Waals surface area contributed by atoms with Crippen LogP contribution in [0.2, 0.25) is 0 Å². The summed E-state index contributed by atoms with van der Waals surface area (Å²) in [5.41, 5.74) is 2.24. The van der Waals surface area contributed by atoms with Crippen LogP contribution < -0.4 is 0 Å². The molecule has 0 aliphatic heterocycles. The van der Waals surface area contributed by atoms with Crippen LogP contribution in [0.4, 0.5) is 0 Å². The first-order chi connectivity index (χ1) is 8.91. The summed E-state index contributed by atoms with van der Waals surface area (Å²) in [7, 11) is 2.57.